The van der Waals surface area contributed by atoms with Crippen molar-refractivity contribution in [3.05, 3.63) is 35.4 Å². The summed E-state index contributed by atoms with van der Waals surface area (Å²) in [6, 6.07) is 4.25. The number of carbonyl (C=O) groups is 2. The molecule has 2 aliphatic heterocycles. The predicted molar refractivity (Wildman–Crippen MR) is 126 cm³/mol. The number of carbonyl (C=O) groups excluding carboxylic acids is 2. The van der Waals surface area contributed by atoms with Gasteiger partial charge in [-0.15, -0.1) is 0 Å². The Bertz CT molecular complexity index is 993. The monoisotopic (exact) mass is 542 g/mol. The van der Waals surface area contributed by atoms with E-state index in [9.17, 15) is 40.2 Å². The first kappa shape index (κ1) is 29.8. The number of hydrogen-bond acceptors (Lipinski definition) is 13. The van der Waals surface area contributed by atoms with Crippen LogP contribution in [0, 0.1) is 11.8 Å². The lowest BCUT2D eigenvalue weighted by atomic mass is 9.81. The van der Waals surface area contributed by atoms with Crippen molar-refractivity contribution in [1.29, 1.82) is 0 Å². The van der Waals surface area contributed by atoms with Gasteiger partial charge < -0.3 is 54.3 Å². The van der Waals surface area contributed by atoms with Crippen molar-refractivity contribution in [2.75, 3.05) is 26.9 Å². The Morgan fingerprint density at radius 3 is 2.47 bits per heavy atom. The first-order chi connectivity index (χ1) is 18.1. The maximum absolute atomic E-state index is 12.7. The van der Waals surface area contributed by atoms with E-state index < -0.39 is 67.4 Å². The molecule has 2 fully saturated rings. The van der Waals surface area contributed by atoms with Crippen molar-refractivity contribution >= 4 is 11.9 Å². The van der Waals surface area contributed by atoms with E-state index in [0.717, 1.165) is 0 Å². The Labute approximate surface area is 218 Å². The van der Waals surface area contributed by atoms with Gasteiger partial charge in [0, 0.05) is 12.3 Å². The van der Waals surface area contributed by atoms with Crippen LogP contribution in [0.3, 0.4) is 0 Å². The average Bonchev–Trinajstić information content (AvgIpc) is 2.90. The van der Waals surface area contributed by atoms with Crippen LogP contribution in [0.5, 0.6) is 11.5 Å². The van der Waals surface area contributed by atoms with Crippen LogP contribution in [0.15, 0.2) is 29.8 Å². The lowest BCUT2D eigenvalue weighted by Crippen LogP contribution is -2.60. The van der Waals surface area contributed by atoms with E-state index in [2.05, 4.69) is 0 Å². The van der Waals surface area contributed by atoms with Gasteiger partial charge in [0.1, 0.15) is 24.4 Å². The summed E-state index contributed by atoms with van der Waals surface area (Å²) in [6.07, 6.45) is -7.16. The van der Waals surface area contributed by atoms with Crippen LogP contribution in [0.1, 0.15) is 18.9 Å². The molecule has 0 saturated carbocycles. The number of ether oxygens (including phenoxy) is 5. The number of methoxy groups -OCH3 is 1. The van der Waals surface area contributed by atoms with Crippen LogP contribution in [0.25, 0.3) is 0 Å². The molecule has 2 heterocycles. The van der Waals surface area contributed by atoms with Crippen molar-refractivity contribution in [1.82, 2.24) is 0 Å². The molecule has 0 spiro atoms. The molecule has 1 aromatic rings. The van der Waals surface area contributed by atoms with Gasteiger partial charge in [-0.05, 0) is 30.2 Å². The zero-order valence-corrected chi connectivity index (χ0v) is 21.0. The quantitative estimate of drug-likeness (QED) is 0.127. The zero-order valence-electron chi connectivity index (χ0n) is 21.0. The van der Waals surface area contributed by atoms with E-state index in [1.54, 1.807) is 19.1 Å². The lowest BCUT2D eigenvalue weighted by Gasteiger charge is -2.43. The Balaban J connectivity index is 1.69. The van der Waals surface area contributed by atoms with E-state index in [4.69, 9.17) is 23.7 Å². The van der Waals surface area contributed by atoms with E-state index >= 15 is 0 Å². The molecule has 13 heteroatoms. The molecule has 0 aromatic heterocycles. The second-order valence-electron chi connectivity index (χ2n) is 9.02. The maximum atomic E-state index is 12.7. The van der Waals surface area contributed by atoms with Crippen molar-refractivity contribution < 1.29 is 63.9 Å². The van der Waals surface area contributed by atoms with Crippen LogP contribution in [-0.4, -0.2) is 107 Å². The van der Waals surface area contributed by atoms with Crippen molar-refractivity contribution in [2.45, 2.75) is 56.8 Å². The number of phenols is 2. The summed E-state index contributed by atoms with van der Waals surface area (Å²) < 4.78 is 27.0. The molecule has 1 unspecified atom stereocenters. The number of aliphatic hydroxyl groups is 4. The van der Waals surface area contributed by atoms with Gasteiger partial charge in [0.15, 0.2) is 24.1 Å². The highest BCUT2D eigenvalue weighted by Gasteiger charge is 2.48. The number of aliphatic hydroxyl groups excluding tert-OH is 4. The number of esters is 2. The number of hydrogen-bond donors (Lipinski definition) is 6. The van der Waals surface area contributed by atoms with Gasteiger partial charge >= 0.3 is 11.9 Å². The van der Waals surface area contributed by atoms with Crippen LogP contribution in [-0.2, 0) is 39.7 Å². The third kappa shape index (κ3) is 6.80. The molecule has 0 radical (unpaired) electrons. The van der Waals surface area contributed by atoms with Crippen molar-refractivity contribution in [2.24, 2.45) is 11.8 Å². The summed E-state index contributed by atoms with van der Waals surface area (Å²) in [5.41, 5.74) is 0.998. The molecular weight excluding hydrogens is 508 g/mol. The molecule has 2 aliphatic rings. The van der Waals surface area contributed by atoms with Gasteiger partial charge in [-0.3, -0.25) is 9.59 Å². The SMILES string of the molecule is C/C=C1/[C@H](O[C@@H]2O[C@H](CO)[C@@H](O)[C@H](O)[C@H]2O)OCC(C(=O)OC)[C@H]1CC(=O)OCCc1ccc(O)c(O)c1. The van der Waals surface area contributed by atoms with E-state index in [1.807, 2.05) is 0 Å². The highest BCUT2D eigenvalue weighted by molar-refractivity contribution is 5.76. The number of aromatic hydroxyl groups is 2. The number of allylic oxidation sites excluding steroid dienone is 1. The fourth-order valence-electron chi connectivity index (χ4n) is 4.47. The fraction of sp³-hybridized carbons (Fsp3) is 0.600. The Morgan fingerprint density at radius 1 is 1.11 bits per heavy atom. The molecule has 0 bridgehead atoms. The fourth-order valence-corrected chi connectivity index (χ4v) is 4.47. The summed E-state index contributed by atoms with van der Waals surface area (Å²) in [5.74, 6) is -3.44. The van der Waals surface area contributed by atoms with Crippen LogP contribution >= 0.6 is 0 Å². The molecule has 38 heavy (non-hydrogen) atoms. The molecule has 0 aliphatic carbocycles. The van der Waals surface area contributed by atoms with E-state index in [-0.39, 0.29) is 37.6 Å². The Morgan fingerprint density at radius 2 is 1.84 bits per heavy atom. The summed E-state index contributed by atoms with van der Waals surface area (Å²) in [5, 5.41) is 58.8. The molecule has 6 N–H and O–H groups in total. The van der Waals surface area contributed by atoms with E-state index in [1.165, 1.54) is 19.2 Å². The third-order valence-corrected chi connectivity index (χ3v) is 6.64. The number of phenolic OH excluding ortho intramolecular Hbond substituents is 2. The van der Waals surface area contributed by atoms with Gasteiger partial charge in [0.2, 0.25) is 0 Å². The largest absolute Gasteiger partial charge is 0.504 e. The lowest BCUT2D eigenvalue weighted by molar-refractivity contribution is -0.335. The Kier molecular flexibility index (Phi) is 10.4. The van der Waals surface area contributed by atoms with Gasteiger partial charge in [-0.1, -0.05) is 12.1 Å². The molecule has 2 saturated heterocycles. The molecule has 0 amide bonds. The van der Waals surface area contributed by atoms with Crippen LogP contribution in [0.4, 0.5) is 0 Å². The summed E-state index contributed by atoms with van der Waals surface area (Å²) in [4.78, 5) is 25.2. The molecule has 1 aromatic carbocycles. The first-order valence-corrected chi connectivity index (χ1v) is 12.1. The minimum atomic E-state index is -1.67. The average molecular weight is 543 g/mol. The van der Waals surface area contributed by atoms with Gasteiger partial charge in [0.05, 0.1) is 39.3 Å². The Hall–Kier alpha value is -2.78. The smallest absolute Gasteiger partial charge is 0.311 e. The minimum Gasteiger partial charge on any atom is -0.504 e. The van der Waals surface area contributed by atoms with Crippen LogP contribution in [0.2, 0.25) is 0 Å². The normalized spacial score (nSPS) is 32.6. The molecular formula is C25H34O13. The van der Waals surface area contributed by atoms with Crippen molar-refractivity contribution in [3.8, 4) is 11.5 Å². The van der Waals surface area contributed by atoms with Crippen LogP contribution < -0.4 is 0 Å². The second kappa shape index (κ2) is 13.3. The standard InChI is InChI=1S/C25H34O13/c1-3-13-14(9-19(29)35-7-6-12-4-5-16(27)17(28)8-12)15(23(33)34-2)11-36-24(13)38-25-22(32)21(31)20(30)18(10-26)37-25/h3-5,8,14-15,18,20-22,24-28,30-32H,6-7,9-11H2,1-2H3/b13-3+/t14-,15?,18+,20+,21-,22+,24-,25-/m0/s1. The maximum Gasteiger partial charge on any atom is 0.311 e. The molecule has 3 rings (SSSR count). The van der Waals surface area contributed by atoms with Crippen molar-refractivity contribution in [3.63, 3.8) is 0 Å². The van der Waals surface area contributed by atoms with Gasteiger partial charge in [0.25, 0.3) is 0 Å². The molecule has 212 valence electrons. The minimum absolute atomic E-state index is 0.0227. The zero-order chi connectivity index (χ0) is 28.0. The summed E-state index contributed by atoms with van der Waals surface area (Å²) in [7, 11) is 1.21. The molecule has 13 nitrogen and oxygen atoms in total. The number of rotatable bonds is 9. The third-order valence-electron chi connectivity index (χ3n) is 6.64. The highest BCUT2D eigenvalue weighted by Crippen LogP contribution is 2.37. The summed E-state index contributed by atoms with van der Waals surface area (Å²) >= 11 is 0. The second-order valence-corrected chi connectivity index (χ2v) is 9.02. The van der Waals surface area contributed by atoms with Gasteiger partial charge in [-0.2, -0.15) is 0 Å². The van der Waals surface area contributed by atoms with Gasteiger partial charge in [-0.25, -0.2) is 0 Å². The summed E-state index contributed by atoms with van der Waals surface area (Å²) in [6.45, 7) is 0.773. The molecule has 8 atom stereocenters. The topological polar surface area (TPSA) is 202 Å². The number of benzene rings is 1. The first-order valence-electron chi connectivity index (χ1n) is 12.1. The highest BCUT2D eigenvalue weighted by atomic mass is 16.8. The van der Waals surface area contributed by atoms with E-state index in [0.29, 0.717) is 11.1 Å². The predicted octanol–water partition coefficient (Wildman–Crippen LogP) is -0.902.